The molecule has 0 N–H and O–H groups in total. The lowest BCUT2D eigenvalue weighted by Crippen LogP contribution is -2.44. The van der Waals surface area contributed by atoms with E-state index in [1.54, 1.807) is 0 Å². The fourth-order valence-electron chi connectivity index (χ4n) is 1.51. The zero-order valence-corrected chi connectivity index (χ0v) is 9.45. The van der Waals surface area contributed by atoms with Crippen molar-refractivity contribution in [2.24, 2.45) is 5.41 Å². The molecular weight excluding hydrogens is 178 g/mol. The zero-order chi connectivity index (χ0) is 10.6. The first-order valence-electron chi connectivity index (χ1n) is 5.30. The van der Waals surface area contributed by atoms with Crippen LogP contribution in [-0.2, 0) is 9.53 Å². The third-order valence-electron chi connectivity index (χ3n) is 2.51. The minimum atomic E-state index is -0.205. The van der Waals surface area contributed by atoms with Crippen molar-refractivity contribution in [3.63, 3.8) is 0 Å². The first kappa shape index (κ1) is 11.7. The molecule has 1 fully saturated rings. The molecule has 1 heterocycles. The number of morpholine rings is 1. The van der Waals surface area contributed by atoms with E-state index in [1.165, 1.54) is 6.42 Å². The summed E-state index contributed by atoms with van der Waals surface area (Å²) in [5.41, 5.74) is 0.370. The molecule has 3 nitrogen and oxygen atoms in total. The monoisotopic (exact) mass is 199 g/mol. The van der Waals surface area contributed by atoms with E-state index in [4.69, 9.17) is 4.74 Å². The molecule has 1 unspecified atom stereocenters. The van der Waals surface area contributed by atoms with Crippen LogP contribution in [0.5, 0.6) is 0 Å². The Bertz CT molecular complexity index is 186. The Labute approximate surface area is 86.4 Å². The lowest BCUT2D eigenvalue weighted by Gasteiger charge is -2.32. The fraction of sp³-hybridized carbons (Fsp3) is 0.909. The summed E-state index contributed by atoms with van der Waals surface area (Å²) >= 11 is 0. The van der Waals surface area contributed by atoms with Gasteiger partial charge in [0.05, 0.1) is 6.61 Å². The van der Waals surface area contributed by atoms with E-state index in [2.05, 4.69) is 25.7 Å². The zero-order valence-electron chi connectivity index (χ0n) is 9.45. The third-order valence-corrected chi connectivity index (χ3v) is 2.51. The second-order valence-electron chi connectivity index (χ2n) is 5.16. The molecule has 0 saturated carbocycles. The molecule has 0 spiro atoms. The highest BCUT2D eigenvalue weighted by Crippen LogP contribution is 2.19. The van der Waals surface area contributed by atoms with Crippen LogP contribution in [-0.4, -0.2) is 43.5 Å². The van der Waals surface area contributed by atoms with Gasteiger partial charge < -0.3 is 9.53 Å². The summed E-state index contributed by atoms with van der Waals surface area (Å²) in [6.07, 6.45) is 1.87. The van der Waals surface area contributed by atoms with Gasteiger partial charge in [0.15, 0.2) is 0 Å². The number of rotatable bonds is 3. The second kappa shape index (κ2) is 4.89. The molecule has 0 bridgehead atoms. The number of carbonyl (C=O) groups excluding carboxylic acids is 1. The van der Waals surface area contributed by atoms with E-state index in [0.29, 0.717) is 12.0 Å². The molecule has 3 heteroatoms. The predicted octanol–water partition coefficient (Wildman–Crippen LogP) is 1.32. The highest BCUT2D eigenvalue weighted by atomic mass is 16.5. The number of ether oxygens (including phenoxy) is 1. The highest BCUT2D eigenvalue weighted by Gasteiger charge is 2.21. The van der Waals surface area contributed by atoms with Crippen LogP contribution in [0.3, 0.4) is 0 Å². The van der Waals surface area contributed by atoms with Crippen LogP contribution >= 0.6 is 0 Å². The van der Waals surface area contributed by atoms with Crippen molar-refractivity contribution in [1.29, 1.82) is 0 Å². The Hall–Kier alpha value is -0.410. The first-order valence-corrected chi connectivity index (χ1v) is 5.30. The molecule has 14 heavy (non-hydrogen) atoms. The summed E-state index contributed by atoms with van der Waals surface area (Å²) in [5, 5.41) is 0. The maximum absolute atomic E-state index is 10.6. The second-order valence-corrected chi connectivity index (χ2v) is 5.16. The predicted molar refractivity (Wildman–Crippen MR) is 56.3 cm³/mol. The summed E-state index contributed by atoms with van der Waals surface area (Å²) in [4.78, 5) is 12.9. The lowest BCUT2D eigenvalue weighted by atomic mass is 9.92. The van der Waals surface area contributed by atoms with E-state index < -0.39 is 0 Å². The van der Waals surface area contributed by atoms with Crippen molar-refractivity contribution in [3.05, 3.63) is 0 Å². The molecule has 0 radical (unpaired) electrons. The molecule has 82 valence electrons. The van der Waals surface area contributed by atoms with Crippen molar-refractivity contribution in [2.45, 2.75) is 33.3 Å². The van der Waals surface area contributed by atoms with E-state index in [1.807, 2.05) is 0 Å². The number of hydrogen-bond donors (Lipinski definition) is 0. The normalized spacial score (nSPS) is 24.9. The smallest absolute Gasteiger partial charge is 0.150 e. The molecule has 0 aromatic rings. The van der Waals surface area contributed by atoms with Crippen LogP contribution < -0.4 is 0 Å². The quantitative estimate of drug-likeness (QED) is 0.642. The van der Waals surface area contributed by atoms with Crippen molar-refractivity contribution in [3.8, 4) is 0 Å². The van der Waals surface area contributed by atoms with E-state index in [0.717, 1.165) is 25.9 Å². The standard InChI is InChI=1S/C11H21NO2/c1-11(2,3)4-5-12-6-7-14-10(8-12)9-13/h9-10H,4-8H2,1-3H3. The molecular formula is C11H21NO2. The average Bonchev–Trinajstić information content (AvgIpc) is 2.14. The van der Waals surface area contributed by atoms with Crippen LogP contribution in [0.1, 0.15) is 27.2 Å². The van der Waals surface area contributed by atoms with E-state index >= 15 is 0 Å². The van der Waals surface area contributed by atoms with Crippen LogP contribution in [0.15, 0.2) is 0 Å². The van der Waals surface area contributed by atoms with Gasteiger partial charge in [-0.1, -0.05) is 20.8 Å². The van der Waals surface area contributed by atoms with Gasteiger partial charge in [0.25, 0.3) is 0 Å². The van der Waals surface area contributed by atoms with Gasteiger partial charge in [0.2, 0.25) is 0 Å². The van der Waals surface area contributed by atoms with Crippen molar-refractivity contribution >= 4 is 6.29 Å². The molecule has 1 atom stereocenters. The topological polar surface area (TPSA) is 29.5 Å². The van der Waals surface area contributed by atoms with Gasteiger partial charge in [-0.25, -0.2) is 0 Å². The molecule has 1 rings (SSSR count). The van der Waals surface area contributed by atoms with Gasteiger partial charge in [0, 0.05) is 13.1 Å². The van der Waals surface area contributed by atoms with Gasteiger partial charge >= 0.3 is 0 Å². The summed E-state index contributed by atoms with van der Waals surface area (Å²) in [7, 11) is 0. The molecule has 0 amide bonds. The minimum Gasteiger partial charge on any atom is -0.368 e. The van der Waals surface area contributed by atoms with Gasteiger partial charge in [-0.15, -0.1) is 0 Å². The molecule has 1 aliphatic rings. The van der Waals surface area contributed by atoms with Crippen LogP contribution in [0.2, 0.25) is 0 Å². The molecule has 1 saturated heterocycles. The summed E-state index contributed by atoms with van der Waals surface area (Å²) < 4.78 is 5.28. The van der Waals surface area contributed by atoms with Crippen LogP contribution in [0.25, 0.3) is 0 Å². The molecule has 1 aliphatic heterocycles. The maximum Gasteiger partial charge on any atom is 0.150 e. The number of aldehydes is 1. The number of hydrogen-bond acceptors (Lipinski definition) is 3. The van der Waals surface area contributed by atoms with E-state index in [9.17, 15) is 4.79 Å². The van der Waals surface area contributed by atoms with E-state index in [-0.39, 0.29) is 6.10 Å². The molecule has 0 aromatic heterocycles. The average molecular weight is 199 g/mol. The fourth-order valence-corrected chi connectivity index (χ4v) is 1.51. The Morgan fingerprint density at radius 2 is 2.21 bits per heavy atom. The van der Waals surface area contributed by atoms with Gasteiger partial charge in [-0.3, -0.25) is 4.90 Å². The Morgan fingerprint density at radius 3 is 2.79 bits per heavy atom. The Morgan fingerprint density at radius 1 is 1.50 bits per heavy atom. The highest BCUT2D eigenvalue weighted by molar-refractivity contribution is 5.56. The SMILES string of the molecule is CC(C)(C)CCN1CCOC(C=O)C1. The first-order chi connectivity index (χ1) is 6.51. The van der Waals surface area contributed by atoms with Gasteiger partial charge in [0.1, 0.15) is 12.4 Å². The van der Waals surface area contributed by atoms with Crippen molar-refractivity contribution in [1.82, 2.24) is 4.90 Å². The number of nitrogens with zero attached hydrogens (tertiary/aromatic N) is 1. The summed E-state index contributed by atoms with van der Waals surface area (Å²) in [6.45, 7) is 10.2. The minimum absolute atomic E-state index is 0.205. The maximum atomic E-state index is 10.6. The van der Waals surface area contributed by atoms with Crippen molar-refractivity contribution < 1.29 is 9.53 Å². The largest absolute Gasteiger partial charge is 0.368 e. The van der Waals surface area contributed by atoms with Crippen LogP contribution in [0.4, 0.5) is 0 Å². The van der Waals surface area contributed by atoms with Crippen molar-refractivity contribution in [2.75, 3.05) is 26.2 Å². The van der Waals surface area contributed by atoms with Gasteiger partial charge in [-0.2, -0.15) is 0 Å². The molecule has 0 aromatic carbocycles. The Kier molecular flexibility index (Phi) is 4.08. The summed E-state index contributed by atoms with van der Waals surface area (Å²) in [5.74, 6) is 0. The van der Waals surface area contributed by atoms with Gasteiger partial charge in [-0.05, 0) is 18.4 Å². The van der Waals surface area contributed by atoms with Crippen LogP contribution in [0, 0.1) is 5.41 Å². The number of carbonyl (C=O) groups is 1. The Balaban J connectivity index is 2.27. The lowest BCUT2D eigenvalue weighted by molar-refractivity contribution is -0.123. The molecule has 0 aliphatic carbocycles. The third kappa shape index (κ3) is 4.20. The summed E-state index contributed by atoms with van der Waals surface area (Å²) in [6, 6.07) is 0.